The number of thiol groups is 1. The molecule has 1 heterocycles. The number of allylic oxidation sites excluding steroid dienone is 4. The monoisotopic (exact) mass is 229 g/mol. The second kappa shape index (κ2) is 3.83. The second-order valence-electron chi connectivity index (χ2n) is 3.84. The van der Waals surface area contributed by atoms with Gasteiger partial charge in [-0.15, -0.1) is 0 Å². The molecule has 0 saturated carbocycles. The highest BCUT2D eigenvalue weighted by Crippen LogP contribution is 2.27. The fourth-order valence-corrected chi connectivity index (χ4v) is 2.16. The standard InChI is InChI=1S/C13H11NOS/c16-13-14-11-8-10(6-7-12(11)15-13)9-4-2-1-3-5-9/h1-2,4,6-8H,3,5H2,(H,14,16). The first kappa shape index (κ1) is 9.73. The molecule has 0 atom stereocenters. The molecule has 0 N–H and O–H groups in total. The van der Waals surface area contributed by atoms with Crippen LogP contribution in [0.4, 0.5) is 0 Å². The van der Waals surface area contributed by atoms with E-state index in [1.807, 2.05) is 6.07 Å². The molecule has 1 aromatic heterocycles. The van der Waals surface area contributed by atoms with Crippen molar-refractivity contribution >= 4 is 29.3 Å². The SMILES string of the molecule is Sc1nc2cc(C3=CC=CCC3)ccc2o1. The molecular weight excluding hydrogens is 218 g/mol. The van der Waals surface area contributed by atoms with E-state index in [9.17, 15) is 0 Å². The van der Waals surface area contributed by atoms with Crippen LogP contribution in [0.3, 0.4) is 0 Å². The zero-order chi connectivity index (χ0) is 11.0. The highest BCUT2D eigenvalue weighted by atomic mass is 32.1. The normalized spacial score (nSPS) is 15.4. The van der Waals surface area contributed by atoms with E-state index < -0.39 is 0 Å². The molecule has 2 aromatic rings. The summed E-state index contributed by atoms with van der Waals surface area (Å²) in [6.07, 6.45) is 8.65. The minimum Gasteiger partial charge on any atom is -0.432 e. The molecule has 0 bridgehead atoms. The van der Waals surface area contributed by atoms with Crippen molar-refractivity contribution in [1.82, 2.24) is 4.98 Å². The largest absolute Gasteiger partial charge is 0.432 e. The third-order valence-corrected chi connectivity index (χ3v) is 2.95. The van der Waals surface area contributed by atoms with E-state index in [2.05, 4.69) is 48.0 Å². The molecule has 1 aromatic carbocycles. The molecule has 0 unspecified atom stereocenters. The van der Waals surface area contributed by atoms with E-state index in [1.54, 1.807) is 0 Å². The third kappa shape index (κ3) is 1.67. The molecule has 1 aliphatic carbocycles. The average molecular weight is 229 g/mol. The quantitative estimate of drug-likeness (QED) is 0.752. The van der Waals surface area contributed by atoms with E-state index >= 15 is 0 Å². The van der Waals surface area contributed by atoms with E-state index in [1.165, 1.54) is 11.1 Å². The van der Waals surface area contributed by atoms with Gasteiger partial charge in [0.2, 0.25) is 0 Å². The zero-order valence-electron chi connectivity index (χ0n) is 8.68. The van der Waals surface area contributed by atoms with Crippen molar-refractivity contribution in [2.24, 2.45) is 0 Å². The second-order valence-corrected chi connectivity index (χ2v) is 4.22. The zero-order valence-corrected chi connectivity index (χ0v) is 9.58. The molecule has 0 saturated heterocycles. The first-order chi connectivity index (χ1) is 7.83. The Kier molecular flexibility index (Phi) is 2.33. The number of oxazole rings is 1. The topological polar surface area (TPSA) is 26.0 Å². The van der Waals surface area contributed by atoms with Crippen LogP contribution in [-0.2, 0) is 0 Å². The maximum absolute atomic E-state index is 5.33. The maximum Gasteiger partial charge on any atom is 0.253 e. The molecule has 0 fully saturated rings. The fourth-order valence-electron chi connectivity index (χ4n) is 1.96. The molecule has 16 heavy (non-hydrogen) atoms. The van der Waals surface area contributed by atoms with Crippen LogP contribution in [0, 0.1) is 0 Å². The molecule has 0 aliphatic heterocycles. The number of fused-ring (bicyclic) bond motifs is 1. The Labute approximate surface area is 99.1 Å². The van der Waals surface area contributed by atoms with Gasteiger partial charge in [0.05, 0.1) is 0 Å². The lowest BCUT2D eigenvalue weighted by Crippen LogP contribution is -1.87. The molecular formula is C13H11NOS. The van der Waals surface area contributed by atoms with Gasteiger partial charge in [0.1, 0.15) is 5.52 Å². The van der Waals surface area contributed by atoms with Gasteiger partial charge in [-0.05, 0) is 36.1 Å². The Morgan fingerprint density at radius 1 is 1.31 bits per heavy atom. The van der Waals surface area contributed by atoms with E-state index in [4.69, 9.17) is 4.42 Å². The Morgan fingerprint density at radius 3 is 3.06 bits per heavy atom. The van der Waals surface area contributed by atoms with Gasteiger partial charge in [-0.3, -0.25) is 0 Å². The van der Waals surface area contributed by atoms with Crippen molar-refractivity contribution in [2.45, 2.75) is 18.1 Å². The van der Waals surface area contributed by atoms with E-state index in [-0.39, 0.29) is 0 Å². The summed E-state index contributed by atoms with van der Waals surface area (Å²) in [5.41, 5.74) is 4.24. The summed E-state index contributed by atoms with van der Waals surface area (Å²) in [4.78, 5) is 4.22. The third-order valence-electron chi connectivity index (χ3n) is 2.76. The summed E-state index contributed by atoms with van der Waals surface area (Å²) in [5.74, 6) is 0. The van der Waals surface area contributed by atoms with Gasteiger partial charge >= 0.3 is 0 Å². The smallest absolute Gasteiger partial charge is 0.253 e. The summed E-state index contributed by atoms with van der Waals surface area (Å²) >= 11 is 4.10. The lowest BCUT2D eigenvalue weighted by molar-refractivity contribution is 0.492. The summed E-state index contributed by atoms with van der Waals surface area (Å²) in [5, 5.41) is 0.421. The van der Waals surface area contributed by atoms with Crippen LogP contribution in [0.25, 0.3) is 16.7 Å². The number of rotatable bonds is 1. The summed E-state index contributed by atoms with van der Waals surface area (Å²) in [6, 6.07) is 6.09. The van der Waals surface area contributed by atoms with Crippen LogP contribution in [0.1, 0.15) is 18.4 Å². The van der Waals surface area contributed by atoms with Gasteiger partial charge in [-0.25, -0.2) is 4.98 Å². The number of hydrogen-bond acceptors (Lipinski definition) is 3. The predicted molar refractivity (Wildman–Crippen MR) is 67.6 cm³/mol. The number of benzene rings is 1. The Hall–Kier alpha value is -1.48. The van der Waals surface area contributed by atoms with Crippen LogP contribution in [0.5, 0.6) is 0 Å². The molecule has 2 nitrogen and oxygen atoms in total. The first-order valence-corrected chi connectivity index (χ1v) is 5.73. The summed E-state index contributed by atoms with van der Waals surface area (Å²) < 4.78 is 5.33. The van der Waals surface area contributed by atoms with Gasteiger partial charge in [0.15, 0.2) is 5.58 Å². The minimum absolute atomic E-state index is 0.421. The van der Waals surface area contributed by atoms with Crippen LogP contribution in [0.2, 0.25) is 0 Å². The number of nitrogens with zero attached hydrogens (tertiary/aromatic N) is 1. The van der Waals surface area contributed by atoms with Crippen LogP contribution in [-0.4, -0.2) is 4.98 Å². The lowest BCUT2D eigenvalue weighted by atomic mass is 9.97. The van der Waals surface area contributed by atoms with Gasteiger partial charge in [0.25, 0.3) is 5.22 Å². The molecule has 3 heteroatoms. The van der Waals surface area contributed by atoms with Gasteiger partial charge in [-0.2, -0.15) is 0 Å². The van der Waals surface area contributed by atoms with Crippen molar-refractivity contribution < 1.29 is 4.42 Å². The Balaban J connectivity index is 2.10. The fraction of sp³-hybridized carbons (Fsp3) is 0.154. The van der Waals surface area contributed by atoms with Crippen LogP contribution in [0.15, 0.2) is 46.1 Å². The van der Waals surface area contributed by atoms with Gasteiger partial charge in [-0.1, -0.05) is 36.9 Å². The van der Waals surface area contributed by atoms with E-state index in [0.717, 1.165) is 23.9 Å². The Bertz CT molecular complexity index is 595. The maximum atomic E-state index is 5.33. The summed E-state index contributed by atoms with van der Waals surface area (Å²) in [6.45, 7) is 0. The van der Waals surface area contributed by atoms with Crippen molar-refractivity contribution in [3.8, 4) is 0 Å². The lowest BCUT2D eigenvalue weighted by Gasteiger charge is -2.08. The number of aromatic nitrogens is 1. The average Bonchev–Trinajstić information content (AvgIpc) is 2.69. The van der Waals surface area contributed by atoms with Crippen molar-refractivity contribution in [3.05, 3.63) is 42.0 Å². The predicted octanol–water partition coefficient (Wildman–Crippen LogP) is 3.85. The van der Waals surface area contributed by atoms with Crippen LogP contribution < -0.4 is 0 Å². The summed E-state index contributed by atoms with van der Waals surface area (Å²) in [7, 11) is 0. The molecule has 3 rings (SSSR count). The van der Waals surface area contributed by atoms with Crippen molar-refractivity contribution in [2.75, 3.05) is 0 Å². The first-order valence-electron chi connectivity index (χ1n) is 5.28. The van der Waals surface area contributed by atoms with Gasteiger partial charge in [0, 0.05) is 0 Å². The van der Waals surface area contributed by atoms with Crippen molar-refractivity contribution in [3.63, 3.8) is 0 Å². The Morgan fingerprint density at radius 2 is 2.25 bits per heavy atom. The highest BCUT2D eigenvalue weighted by molar-refractivity contribution is 7.80. The molecule has 0 amide bonds. The number of hydrogen-bond donors (Lipinski definition) is 1. The van der Waals surface area contributed by atoms with E-state index in [0.29, 0.717) is 5.22 Å². The van der Waals surface area contributed by atoms with Crippen molar-refractivity contribution in [1.29, 1.82) is 0 Å². The molecule has 0 spiro atoms. The molecule has 80 valence electrons. The minimum atomic E-state index is 0.421. The van der Waals surface area contributed by atoms with Gasteiger partial charge < -0.3 is 4.42 Å². The molecule has 0 radical (unpaired) electrons. The highest BCUT2D eigenvalue weighted by Gasteiger charge is 2.07. The molecule has 1 aliphatic rings. The van der Waals surface area contributed by atoms with Crippen LogP contribution >= 0.6 is 12.6 Å².